The van der Waals surface area contributed by atoms with E-state index in [4.69, 9.17) is 18.9 Å². The van der Waals surface area contributed by atoms with Crippen LogP contribution in [0, 0.1) is 0 Å². The number of carbonyl (C=O) groups is 2. The van der Waals surface area contributed by atoms with E-state index in [1.807, 2.05) is 44.2 Å². The summed E-state index contributed by atoms with van der Waals surface area (Å²) in [6, 6.07) is 18.8. The molecular formula is C30H29NO7. The van der Waals surface area contributed by atoms with Crippen LogP contribution < -0.4 is 18.9 Å². The van der Waals surface area contributed by atoms with Crippen LogP contribution in [0.1, 0.15) is 36.6 Å². The lowest BCUT2D eigenvalue weighted by Crippen LogP contribution is -2.29. The van der Waals surface area contributed by atoms with E-state index in [0.717, 1.165) is 5.56 Å². The van der Waals surface area contributed by atoms with Gasteiger partial charge in [-0.05, 0) is 55.3 Å². The fourth-order valence-corrected chi connectivity index (χ4v) is 4.75. The molecule has 8 heteroatoms. The summed E-state index contributed by atoms with van der Waals surface area (Å²) in [5, 5.41) is 11.5. The third-order valence-electron chi connectivity index (χ3n) is 6.43. The van der Waals surface area contributed by atoms with Gasteiger partial charge in [0.15, 0.2) is 23.0 Å². The van der Waals surface area contributed by atoms with Crippen molar-refractivity contribution >= 4 is 17.4 Å². The summed E-state index contributed by atoms with van der Waals surface area (Å²) in [6.07, 6.45) is 0. The Morgan fingerprint density at radius 3 is 2.34 bits per heavy atom. The van der Waals surface area contributed by atoms with Gasteiger partial charge in [-0.3, -0.25) is 9.59 Å². The third kappa shape index (κ3) is 4.77. The second-order valence-electron chi connectivity index (χ2n) is 8.84. The number of fused-ring (bicyclic) bond motifs is 1. The molecular weight excluding hydrogens is 486 g/mol. The van der Waals surface area contributed by atoms with Crippen molar-refractivity contribution in [1.29, 1.82) is 0 Å². The average Bonchev–Trinajstić information content (AvgIpc) is 3.19. The minimum Gasteiger partial charge on any atom is -0.507 e. The molecule has 2 aliphatic rings. The molecule has 0 unspecified atom stereocenters. The maximum Gasteiger partial charge on any atom is 0.295 e. The van der Waals surface area contributed by atoms with Crippen molar-refractivity contribution in [2.24, 2.45) is 0 Å². The molecule has 5 rings (SSSR count). The Bertz CT molecular complexity index is 1380. The second-order valence-corrected chi connectivity index (χ2v) is 8.84. The van der Waals surface area contributed by atoms with E-state index >= 15 is 0 Å². The number of likely N-dealkylation sites (tertiary alicyclic amines) is 1. The highest BCUT2D eigenvalue weighted by Gasteiger charge is 2.46. The first-order chi connectivity index (χ1) is 18.5. The molecule has 3 aromatic rings. The van der Waals surface area contributed by atoms with Crippen molar-refractivity contribution in [3.05, 3.63) is 89.0 Å². The number of hydrogen-bond acceptors (Lipinski definition) is 7. The van der Waals surface area contributed by atoms with Crippen LogP contribution in [0.3, 0.4) is 0 Å². The molecule has 2 heterocycles. The first-order valence-corrected chi connectivity index (χ1v) is 12.6. The van der Waals surface area contributed by atoms with E-state index in [9.17, 15) is 14.7 Å². The molecule has 1 saturated heterocycles. The SMILES string of the molecule is CCOc1ccc([C@H]2/C(=C(\O)c3ccc4c(c3)OCCO4)C(=O)C(=O)N2Cc2ccccc2)cc1OCC. The third-order valence-corrected chi connectivity index (χ3v) is 6.43. The second kappa shape index (κ2) is 10.9. The number of aliphatic hydroxyl groups is 1. The minimum absolute atomic E-state index is 0.00535. The summed E-state index contributed by atoms with van der Waals surface area (Å²) < 4.78 is 22.8. The zero-order valence-electron chi connectivity index (χ0n) is 21.3. The number of Topliss-reactive ketones (excluding diaryl/α,β-unsaturated/α-hetero) is 1. The predicted molar refractivity (Wildman–Crippen MR) is 141 cm³/mol. The number of amides is 1. The van der Waals surface area contributed by atoms with Crippen molar-refractivity contribution in [2.75, 3.05) is 26.4 Å². The van der Waals surface area contributed by atoms with Crippen LogP contribution in [0.4, 0.5) is 0 Å². The highest BCUT2D eigenvalue weighted by Crippen LogP contribution is 2.43. The van der Waals surface area contributed by atoms with E-state index in [2.05, 4.69) is 0 Å². The molecule has 0 bridgehead atoms. The molecule has 38 heavy (non-hydrogen) atoms. The Labute approximate surface area is 221 Å². The Hall–Kier alpha value is -4.46. The van der Waals surface area contributed by atoms with Crippen LogP contribution >= 0.6 is 0 Å². The quantitative estimate of drug-likeness (QED) is 0.260. The van der Waals surface area contributed by atoms with Crippen LogP contribution in [0.2, 0.25) is 0 Å². The Morgan fingerprint density at radius 1 is 0.895 bits per heavy atom. The summed E-state index contributed by atoms with van der Waals surface area (Å²) in [6.45, 7) is 5.61. The lowest BCUT2D eigenvalue weighted by molar-refractivity contribution is -0.140. The number of aliphatic hydroxyl groups excluding tert-OH is 1. The van der Waals surface area contributed by atoms with Gasteiger partial charge in [0.25, 0.3) is 11.7 Å². The zero-order chi connectivity index (χ0) is 26.6. The fourth-order valence-electron chi connectivity index (χ4n) is 4.75. The summed E-state index contributed by atoms with van der Waals surface area (Å²) >= 11 is 0. The summed E-state index contributed by atoms with van der Waals surface area (Å²) in [5.74, 6) is 0.348. The molecule has 8 nitrogen and oxygen atoms in total. The van der Waals surface area contributed by atoms with Crippen LogP contribution in [-0.2, 0) is 16.1 Å². The van der Waals surface area contributed by atoms with Crippen molar-refractivity contribution in [2.45, 2.75) is 26.4 Å². The lowest BCUT2D eigenvalue weighted by Gasteiger charge is -2.26. The van der Waals surface area contributed by atoms with Crippen LogP contribution in [0.25, 0.3) is 5.76 Å². The van der Waals surface area contributed by atoms with Gasteiger partial charge >= 0.3 is 0 Å². The highest BCUT2D eigenvalue weighted by atomic mass is 16.6. The molecule has 1 atom stereocenters. The molecule has 196 valence electrons. The highest BCUT2D eigenvalue weighted by molar-refractivity contribution is 6.46. The summed E-state index contributed by atoms with van der Waals surface area (Å²) in [7, 11) is 0. The number of carbonyl (C=O) groups excluding carboxylic acids is 2. The molecule has 1 N–H and O–H groups in total. The number of ketones is 1. The molecule has 2 aliphatic heterocycles. The monoisotopic (exact) mass is 515 g/mol. The molecule has 0 spiro atoms. The van der Waals surface area contributed by atoms with Gasteiger partial charge in [-0.15, -0.1) is 0 Å². The normalized spacial score (nSPS) is 17.9. The first kappa shape index (κ1) is 25.2. The van der Waals surface area contributed by atoms with Crippen molar-refractivity contribution in [1.82, 2.24) is 4.90 Å². The van der Waals surface area contributed by atoms with E-state index < -0.39 is 17.7 Å². The van der Waals surface area contributed by atoms with E-state index in [1.165, 1.54) is 4.90 Å². The van der Waals surface area contributed by atoms with E-state index in [0.29, 0.717) is 60.6 Å². The van der Waals surface area contributed by atoms with Crippen LogP contribution in [0.5, 0.6) is 23.0 Å². The van der Waals surface area contributed by atoms with Gasteiger partial charge in [0.1, 0.15) is 19.0 Å². The molecule has 0 aromatic heterocycles. The van der Waals surface area contributed by atoms with Crippen molar-refractivity contribution < 1.29 is 33.6 Å². The van der Waals surface area contributed by atoms with Gasteiger partial charge in [-0.1, -0.05) is 36.4 Å². The van der Waals surface area contributed by atoms with Crippen LogP contribution in [0.15, 0.2) is 72.3 Å². The largest absolute Gasteiger partial charge is 0.507 e. The predicted octanol–water partition coefficient (Wildman–Crippen LogP) is 4.88. The first-order valence-electron chi connectivity index (χ1n) is 12.6. The molecule has 0 radical (unpaired) electrons. The number of benzene rings is 3. The Morgan fingerprint density at radius 2 is 1.61 bits per heavy atom. The number of nitrogens with zero attached hydrogens (tertiary/aromatic N) is 1. The molecule has 0 aliphatic carbocycles. The molecule has 1 fully saturated rings. The maximum absolute atomic E-state index is 13.5. The molecule has 0 saturated carbocycles. The smallest absolute Gasteiger partial charge is 0.295 e. The standard InChI is InChI=1S/C30H29NO7/c1-3-35-22-12-10-20(16-24(22)36-4-2)27-26(28(32)21-11-13-23-25(17-21)38-15-14-37-23)29(33)30(34)31(27)18-19-8-6-5-7-9-19/h5-13,16-17,27,32H,3-4,14-15,18H2,1-2H3/b28-26+/t27-/m0/s1. The molecule has 1 amide bonds. The lowest BCUT2D eigenvalue weighted by atomic mass is 9.94. The number of rotatable bonds is 8. The average molecular weight is 516 g/mol. The van der Waals surface area contributed by atoms with Crippen molar-refractivity contribution in [3.63, 3.8) is 0 Å². The Balaban J connectivity index is 1.65. The minimum atomic E-state index is -0.849. The van der Waals surface area contributed by atoms with E-state index in [1.54, 1.807) is 36.4 Å². The van der Waals surface area contributed by atoms with E-state index in [-0.39, 0.29) is 17.9 Å². The maximum atomic E-state index is 13.5. The molecule has 3 aromatic carbocycles. The van der Waals surface area contributed by atoms with Gasteiger partial charge in [-0.25, -0.2) is 0 Å². The van der Waals surface area contributed by atoms with Gasteiger partial charge in [0, 0.05) is 12.1 Å². The van der Waals surface area contributed by atoms with Crippen LogP contribution in [-0.4, -0.2) is 48.1 Å². The van der Waals surface area contributed by atoms with Crippen molar-refractivity contribution in [3.8, 4) is 23.0 Å². The number of hydrogen-bond donors (Lipinski definition) is 1. The fraction of sp³-hybridized carbons (Fsp3) is 0.267. The van der Waals surface area contributed by atoms with Gasteiger partial charge in [0.05, 0.1) is 24.8 Å². The number of ether oxygens (including phenoxy) is 4. The van der Waals surface area contributed by atoms with Gasteiger partial charge in [0.2, 0.25) is 0 Å². The Kier molecular flexibility index (Phi) is 7.22. The topological polar surface area (TPSA) is 94.5 Å². The summed E-state index contributed by atoms with van der Waals surface area (Å²) in [5.41, 5.74) is 1.82. The summed E-state index contributed by atoms with van der Waals surface area (Å²) in [4.78, 5) is 28.3. The van der Waals surface area contributed by atoms with Gasteiger partial charge < -0.3 is 29.0 Å². The van der Waals surface area contributed by atoms with Gasteiger partial charge in [-0.2, -0.15) is 0 Å². The zero-order valence-corrected chi connectivity index (χ0v) is 21.3.